The van der Waals surface area contributed by atoms with Crippen LogP contribution in [0.15, 0.2) is 47.3 Å². The number of nitrogens with zero attached hydrogens (tertiary/aromatic N) is 2. The zero-order valence-corrected chi connectivity index (χ0v) is 18.2. The number of fused-ring (bicyclic) bond motifs is 1. The Morgan fingerprint density at radius 2 is 2.06 bits per heavy atom. The number of para-hydroxylation sites is 1. The fraction of sp³-hybridized carbons (Fsp3) is 0.273. The highest BCUT2D eigenvalue weighted by atomic mass is 32.1. The fourth-order valence-corrected chi connectivity index (χ4v) is 4.42. The number of hydrogen-bond acceptors (Lipinski definition) is 8. The van der Waals surface area contributed by atoms with Crippen LogP contribution in [0.25, 0.3) is 0 Å². The van der Waals surface area contributed by atoms with Crippen LogP contribution in [0.2, 0.25) is 0 Å². The molecule has 2 amide bonds. The lowest BCUT2D eigenvalue weighted by molar-refractivity contribution is -0.117. The third kappa shape index (κ3) is 5.04. The smallest absolute Gasteiger partial charge is 0.340 e. The van der Waals surface area contributed by atoms with E-state index in [1.165, 1.54) is 23.9 Å². The predicted molar refractivity (Wildman–Crippen MR) is 119 cm³/mol. The van der Waals surface area contributed by atoms with Gasteiger partial charge >= 0.3 is 5.97 Å². The number of ether oxygens (including phenoxy) is 1. The van der Waals surface area contributed by atoms with E-state index in [2.05, 4.69) is 15.6 Å². The van der Waals surface area contributed by atoms with Crippen LogP contribution in [0.4, 0.5) is 10.8 Å². The standard InChI is InChI=1S/C22H22N4O5S/c1-2-31-21(29)15-5-3-4-6-16(15)23-19(27)12-26-9-7-17-18(11-26)32-22(24-17)25-20(28)14-8-10-30-13-14/h3-6,8,10,13H,2,7,9,11-12H2,1H3,(H,23,27)(H,24,25,28). The van der Waals surface area contributed by atoms with Gasteiger partial charge in [-0.15, -0.1) is 11.3 Å². The predicted octanol–water partition coefficient (Wildman–Crippen LogP) is 3.16. The van der Waals surface area contributed by atoms with Crippen LogP contribution in [0.5, 0.6) is 0 Å². The van der Waals surface area contributed by atoms with Crippen molar-refractivity contribution in [1.29, 1.82) is 0 Å². The molecule has 166 valence electrons. The lowest BCUT2D eigenvalue weighted by Crippen LogP contribution is -2.37. The summed E-state index contributed by atoms with van der Waals surface area (Å²) in [7, 11) is 0. The maximum absolute atomic E-state index is 12.6. The molecular weight excluding hydrogens is 432 g/mol. The van der Waals surface area contributed by atoms with Crippen LogP contribution in [-0.4, -0.2) is 47.4 Å². The minimum Gasteiger partial charge on any atom is -0.472 e. The summed E-state index contributed by atoms with van der Waals surface area (Å²) in [5, 5.41) is 6.12. The van der Waals surface area contributed by atoms with Crippen LogP contribution >= 0.6 is 11.3 Å². The Morgan fingerprint density at radius 3 is 2.84 bits per heavy atom. The molecule has 0 aliphatic carbocycles. The van der Waals surface area contributed by atoms with Crippen molar-refractivity contribution in [3.63, 3.8) is 0 Å². The second-order valence-corrected chi connectivity index (χ2v) is 8.21. The van der Waals surface area contributed by atoms with Crippen LogP contribution in [-0.2, 0) is 22.5 Å². The zero-order chi connectivity index (χ0) is 22.5. The highest BCUT2D eigenvalue weighted by Crippen LogP contribution is 2.28. The third-order valence-electron chi connectivity index (χ3n) is 4.88. The molecule has 1 aliphatic rings. The van der Waals surface area contributed by atoms with Gasteiger partial charge in [-0.2, -0.15) is 0 Å². The number of furan rings is 1. The van der Waals surface area contributed by atoms with Crippen LogP contribution < -0.4 is 10.6 Å². The number of carbonyl (C=O) groups excluding carboxylic acids is 3. The summed E-state index contributed by atoms with van der Waals surface area (Å²) in [6.07, 6.45) is 3.50. The highest BCUT2D eigenvalue weighted by molar-refractivity contribution is 7.15. The molecule has 2 N–H and O–H groups in total. The Kier molecular flexibility index (Phi) is 6.62. The molecule has 2 aromatic heterocycles. The molecular formula is C22H22N4O5S. The Bertz CT molecular complexity index is 1130. The number of nitrogens with one attached hydrogen (secondary N) is 2. The Hall–Kier alpha value is -3.50. The van der Waals surface area contributed by atoms with Gasteiger partial charge in [0.2, 0.25) is 5.91 Å². The summed E-state index contributed by atoms with van der Waals surface area (Å²) < 4.78 is 9.98. The maximum atomic E-state index is 12.6. The van der Waals surface area contributed by atoms with Crippen molar-refractivity contribution in [2.45, 2.75) is 19.9 Å². The van der Waals surface area contributed by atoms with E-state index < -0.39 is 5.97 Å². The average Bonchev–Trinajstić information content (AvgIpc) is 3.43. The number of aromatic nitrogens is 1. The molecule has 0 fully saturated rings. The lowest BCUT2D eigenvalue weighted by atomic mass is 10.1. The number of rotatable bonds is 7. The molecule has 1 aliphatic heterocycles. The average molecular weight is 455 g/mol. The number of hydrogen-bond donors (Lipinski definition) is 2. The monoisotopic (exact) mass is 454 g/mol. The first-order valence-electron chi connectivity index (χ1n) is 10.1. The number of carbonyl (C=O) groups is 3. The first-order valence-corrected chi connectivity index (χ1v) is 11.0. The third-order valence-corrected chi connectivity index (χ3v) is 5.88. The molecule has 0 bridgehead atoms. The first-order chi connectivity index (χ1) is 15.5. The van der Waals surface area contributed by atoms with Crippen molar-refractivity contribution < 1.29 is 23.5 Å². The summed E-state index contributed by atoms with van der Waals surface area (Å²) >= 11 is 1.40. The molecule has 0 atom stereocenters. The maximum Gasteiger partial charge on any atom is 0.340 e. The Labute approximate surface area is 188 Å². The first kappa shape index (κ1) is 21.7. The van der Waals surface area contributed by atoms with Gasteiger partial charge < -0.3 is 14.5 Å². The van der Waals surface area contributed by atoms with Gasteiger partial charge in [-0.3, -0.25) is 19.8 Å². The largest absolute Gasteiger partial charge is 0.472 e. The second kappa shape index (κ2) is 9.75. The molecule has 0 unspecified atom stereocenters. The molecule has 0 spiro atoms. The van der Waals surface area contributed by atoms with E-state index in [9.17, 15) is 14.4 Å². The molecule has 0 saturated heterocycles. The van der Waals surface area contributed by atoms with Gasteiger partial charge in [-0.05, 0) is 25.1 Å². The summed E-state index contributed by atoms with van der Waals surface area (Å²) in [6.45, 7) is 3.39. The molecule has 3 heterocycles. The van der Waals surface area contributed by atoms with Crippen molar-refractivity contribution in [2.24, 2.45) is 0 Å². The molecule has 1 aromatic carbocycles. The van der Waals surface area contributed by atoms with Crippen molar-refractivity contribution in [3.8, 4) is 0 Å². The molecule has 4 rings (SSSR count). The van der Waals surface area contributed by atoms with E-state index in [0.29, 0.717) is 41.5 Å². The van der Waals surface area contributed by atoms with Crippen molar-refractivity contribution in [3.05, 3.63) is 64.6 Å². The Balaban J connectivity index is 1.36. The lowest BCUT2D eigenvalue weighted by Gasteiger charge is -2.25. The highest BCUT2D eigenvalue weighted by Gasteiger charge is 2.24. The van der Waals surface area contributed by atoms with Crippen molar-refractivity contribution in [2.75, 3.05) is 30.3 Å². The van der Waals surface area contributed by atoms with E-state index in [1.807, 2.05) is 4.90 Å². The summed E-state index contributed by atoms with van der Waals surface area (Å²) in [5.74, 6) is -0.967. The van der Waals surface area contributed by atoms with Crippen LogP contribution in [0, 0.1) is 0 Å². The summed E-state index contributed by atoms with van der Waals surface area (Å²) in [5.41, 5.74) is 2.11. The second-order valence-electron chi connectivity index (χ2n) is 7.13. The summed E-state index contributed by atoms with van der Waals surface area (Å²) in [6, 6.07) is 8.36. The molecule has 10 heteroatoms. The van der Waals surface area contributed by atoms with Gasteiger partial charge in [-0.25, -0.2) is 9.78 Å². The summed E-state index contributed by atoms with van der Waals surface area (Å²) in [4.78, 5) is 44.4. The number of amides is 2. The van der Waals surface area contributed by atoms with E-state index >= 15 is 0 Å². The minimum absolute atomic E-state index is 0.172. The number of anilines is 2. The van der Waals surface area contributed by atoms with E-state index in [4.69, 9.17) is 9.15 Å². The van der Waals surface area contributed by atoms with Gasteiger partial charge in [0, 0.05) is 24.4 Å². The number of thiazole rings is 1. The van der Waals surface area contributed by atoms with E-state index in [1.54, 1.807) is 37.3 Å². The normalized spacial score (nSPS) is 13.3. The van der Waals surface area contributed by atoms with Crippen molar-refractivity contribution >= 4 is 39.9 Å². The van der Waals surface area contributed by atoms with E-state index in [0.717, 1.165) is 10.6 Å². The van der Waals surface area contributed by atoms with Gasteiger partial charge in [0.15, 0.2) is 5.13 Å². The van der Waals surface area contributed by atoms with Crippen molar-refractivity contribution in [1.82, 2.24) is 9.88 Å². The molecule has 9 nitrogen and oxygen atoms in total. The van der Waals surface area contributed by atoms with Gasteiger partial charge in [0.1, 0.15) is 6.26 Å². The minimum atomic E-state index is -0.472. The van der Waals surface area contributed by atoms with Gasteiger partial charge in [0.05, 0.1) is 41.9 Å². The molecule has 3 aromatic rings. The SMILES string of the molecule is CCOC(=O)c1ccccc1NC(=O)CN1CCc2nc(NC(=O)c3ccoc3)sc2C1. The fourth-order valence-electron chi connectivity index (χ4n) is 3.37. The van der Waals surface area contributed by atoms with Gasteiger partial charge in [-0.1, -0.05) is 12.1 Å². The van der Waals surface area contributed by atoms with Gasteiger partial charge in [0.25, 0.3) is 5.91 Å². The van der Waals surface area contributed by atoms with Crippen LogP contribution in [0.1, 0.15) is 38.2 Å². The molecule has 0 radical (unpaired) electrons. The zero-order valence-electron chi connectivity index (χ0n) is 17.4. The molecule has 0 saturated carbocycles. The topological polar surface area (TPSA) is 114 Å². The molecule has 32 heavy (non-hydrogen) atoms. The van der Waals surface area contributed by atoms with Crippen LogP contribution in [0.3, 0.4) is 0 Å². The Morgan fingerprint density at radius 1 is 1.22 bits per heavy atom. The number of benzene rings is 1. The quantitative estimate of drug-likeness (QED) is 0.527. The van der Waals surface area contributed by atoms with E-state index in [-0.39, 0.29) is 25.0 Å². The number of esters is 1.